The summed E-state index contributed by atoms with van der Waals surface area (Å²) >= 11 is 5.96. The normalized spacial score (nSPS) is 20.6. The van der Waals surface area contributed by atoms with E-state index in [0.29, 0.717) is 11.3 Å². The summed E-state index contributed by atoms with van der Waals surface area (Å²) < 4.78 is 13.8. The minimum absolute atomic E-state index is 0.128. The Hall–Kier alpha value is -1.91. The zero-order valence-corrected chi connectivity index (χ0v) is 11.1. The third-order valence-electron chi connectivity index (χ3n) is 3.49. The van der Waals surface area contributed by atoms with Gasteiger partial charge in [-0.3, -0.25) is 4.79 Å². The quantitative estimate of drug-likeness (QED) is 0.894. The van der Waals surface area contributed by atoms with Crippen LogP contribution in [0.4, 0.5) is 10.1 Å². The van der Waals surface area contributed by atoms with E-state index < -0.39 is 17.3 Å². The fraction of sp³-hybridized carbons (Fsp3) is 0.133. The molecule has 3 nitrogen and oxygen atoms in total. The molecule has 1 atom stereocenters. The van der Waals surface area contributed by atoms with E-state index in [2.05, 4.69) is 5.32 Å². The van der Waals surface area contributed by atoms with Crippen LogP contribution in [-0.2, 0) is 16.8 Å². The van der Waals surface area contributed by atoms with Gasteiger partial charge in [0.05, 0.1) is 0 Å². The van der Waals surface area contributed by atoms with Crippen LogP contribution in [0, 0.1) is 5.82 Å². The van der Waals surface area contributed by atoms with Gasteiger partial charge >= 0.3 is 0 Å². The maximum absolute atomic E-state index is 13.8. The van der Waals surface area contributed by atoms with Gasteiger partial charge in [0.15, 0.2) is 5.60 Å². The molecule has 0 fully saturated rings. The Morgan fingerprint density at radius 2 is 1.95 bits per heavy atom. The van der Waals surface area contributed by atoms with Crippen molar-refractivity contribution in [1.82, 2.24) is 0 Å². The number of carbonyl (C=O) groups is 1. The van der Waals surface area contributed by atoms with Crippen molar-refractivity contribution in [3.63, 3.8) is 0 Å². The maximum atomic E-state index is 13.8. The Bertz CT molecular complexity index is 684. The minimum Gasteiger partial charge on any atom is -0.375 e. The second-order valence-corrected chi connectivity index (χ2v) is 5.14. The number of rotatable bonds is 2. The van der Waals surface area contributed by atoms with Crippen LogP contribution in [0.5, 0.6) is 0 Å². The molecule has 20 heavy (non-hydrogen) atoms. The second kappa shape index (κ2) is 4.58. The molecule has 102 valence electrons. The first-order valence-electron chi connectivity index (χ1n) is 6.08. The third kappa shape index (κ3) is 1.88. The van der Waals surface area contributed by atoms with Crippen LogP contribution >= 0.6 is 11.6 Å². The first-order chi connectivity index (χ1) is 9.52. The van der Waals surface area contributed by atoms with E-state index >= 15 is 0 Å². The van der Waals surface area contributed by atoms with Crippen molar-refractivity contribution >= 4 is 23.2 Å². The molecule has 0 spiro atoms. The highest BCUT2D eigenvalue weighted by Crippen LogP contribution is 2.39. The van der Waals surface area contributed by atoms with Crippen LogP contribution in [0.2, 0.25) is 5.02 Å². The van der Waals surface area contributed by atoms with Crippen LogP contribution in [-0.4, -0.2) is 11.0 Å². The molecule has 2 N–H and O–H groups in total. The summed E-state index contributed by atoms with van der Waals surface area (Å²) in [5, 5.41) is 13.5. The molecular weight excluding hydrogens is 281 g/mol. The van der Waals surface area contributed by atoms with Crippen molar-refractivity contribution in [2.24, 2.45) is 0 Å². The predicted molar refractivity (Wildman–Crippen MR) is 74.1 cm³/mol. The van der Waals surface area contributed by atoms with Crippen molar-refractivity contribution in [3.8, 4) is 0 Å². The van der Waals surface area contributed by atoms with Crippen molar-refractivity contribution in [3.05, 3.63) is 64.4 Å². The van der Waals surface area contributed by atoms with Crippen molar-refractivity contribution in [2.45, 2.75) is 12.0 Å². The van der Waals surface area contributed by atoms with E-state index in [4.69, 9.17) is 11.6 Å². The average molecular weight is 292 g/mol. The molecule has 2 aromatic carbocycles. The smallest absolute Gasteiger partial charge is 0.261 e. The molecule has 2 aromatic rings. The van der Waals surface area contributed by atoms with Gasteiger partial charge in [0.1, 0.15) is 5.82 Å². The number of carbonyl (C=O) groups excluding carboxylic acids is 1. The standard InChI is InChI=1S/C15H11ClFNO2/c16-11-5-3-6-12(17)9(11)8-15(20)10-4-1-2-7-13(10)18-14(15)19/h1-7,20H,8H2,(H,18,19). The van der Waals surface area contributed by atoms with Gasteiger partial charge in [0.25, 0.3) is 5.91 Å². The van der Waals surface area contributed by atoms with E-state index in [1.165, 1.54) is 18.2 Å². The van der Waals surface area contributed by atoms with Crippen LogP contribution in [0.1, 0.15) is 11.1 Å². The third-order valence-corrected chi connectivity index (χ3v) is 3.84. The average Bonchev–Trinajstić information content (AvgIpc) is 2.67. The number of halogens is 2. The minimum atomic E-state index is -1.80. The van der Waals surface area contributed by atoms with E-state index in [1.54, 1.807) is 24.3 Å². The van der Waals surface area contributed by atoms with Gasteiger partial charge < -0.3 is 10.4 Å². The van der Waals surface area contributed by atoms with E-state index in [9.17, 15) is 14.3 Å². The SMILES string of the molecule is O=C1Nc2ccccc2C1(O)Cc1c(F)cccc1Cl. The van der Waals surface area contributed by atoms with Crippen molar-refractivity contribution < 1.29 is 14.3 Å². The summed E-state index contributed by atoms with van der Waals surface area (Å²) in [4.78, 5) is 12.1. The number of hydrogen-bond donors (Lipinski definition) is 2. The first kappa shape index (κ1) is 13.1. The maximum Gasteiger partial charge on any atom is 0.261 e. The van der Waals surface area contributed by atoms with Gasteiger partial charge in [0.2, 0.25) is 0 Å². The molecule has 0 bridgehead atoms. The highest BCUT2D eigenvalue weighted by atomic mass is 35.5. The molecule has 1 amide bonds. The van der Waals surface area contributed by atoms with Gasteiger partial charge in [-0.25, -0.2) is 4.39 Å². The highest BCUT2D eigenvalue weighted by molar-refractivity contribution is 6.31. The molecule has 0 aliphatic carbocycles. The van der Waals surface area contributed by atoms with Crippen molar-refractivity contribution in [1.29, 1.82) is 0 Å². The summed E-state index contributed by atoms with van der Waals surface area (Å²) in [6.07, 6.45) is -0.207. The lowest BCUT2D eigenvalue weighted by molar-refractivity contribution is -0.133. The summed E-state index contributed by atoms with van der Waals surface area (Å²) in [6.45, 7) is 0. The van der Waals surface area contributed by atoms with Gasteiger partial charge in [-0.2, -0.15) is 0 Å². The molecule has 0 saturated heterocycles. The highest BCUT2D eigenvalue weighted by Gasteiger charge is 2.45. The molecular formula is C15H11ClFNO2. The zero-order chi connectivity index (χ0) is 14.3. The number of fused-ring (bicyclic) bond motifs is 1. The first-order valence-corrected chi connectivity index (χ1v) is 6.46. The predicted octanol–water partition coefficient (Wildman–Crippen LogP) is 2.86. The molecule has 1 aliphatic rings. The molecule has 0 saturated carbocycles. The van der Waals surface area contributed by atoms with E-state index in [0.717, 1.165) is 0 Å². The monoisotopic (exact) mass is 291 g/mol. The lowest BCUT2D eigenvalue weighted by Gasteiger charge is -2.21. The molecule has 5 heteroatoms. The number of anilines is 1. The Kier molecular flexibility index (Phi) is 3.00. The molecule has 0 aromatic heterocycles. The Morgan fingerprint density at radius 1 is 1.20 bits per heavy atom. The number of aliphatic hydroxyl groups is 1. The second-order valence-electron chi connectivity index (χ2n) is 4.74. The van der Waals surface area contributed by atoms with Crippen LogP contribution in [0.25, 0.3) is 0 Å². The number of benzene rings is 2. The number of amides is 1. The van der Waals surface area contributed by atoms with E-state index in [1.807, 2.05) is 0 Å². The van der Waals surface area contributed by atoms with Crippen LogP contribution in [0.3, 0.4) is 0 Å². The molecule has 1 heterocycles. The molecule has 1 aliphatic heterocycles. The number of nitrogens with one attached hydrogen (secondary N) is 1. The molecule has 3 rings (SSSR count). The summed E-state index contributed by atoms with van der Waals surface area (Å²) in [7, 11) is 0. The Labute approximate surface area is 120 Å². The lowest BCUT2D eigenvalue weighted by Crippen LogP contribution is -2.36. The Balaban J connectivity index is 2.08. The fourth-order valence-corrected chi connectivity index (χ4v) is 2.66. The number of hydrogen-bond acceptors (Lipinski definition) is 2. The van der Waals surface area contributed by atoms with Gasteiger partial charge in [0, 0.05) is 28.3 Å². The lowest BCUT2D eigenvalue weighted by atomic mass is 9.88. The molecule has 1 unspecified atom stereocenters. The number of para-hydroxylation sites is 1. The van der Waals surface area contributed by atoms with Crippen LogP contribution < -0.4 is 5.32 Å². The summed E-state index contributed by atoms with van der Waals surface area (Å²) in [6, 6.07) is 11.1. The largest absolute Gasteiger partial charge is 0.375 e. The van der Waals surface area contributed by atoms with Gasteiger partial charge in [-0.05, 0) is 18.2 Å². The van der Waals surface area contributed by atoms with Gasteiger partial charge in [-0.1, -0.05) is 35.9 Å². The topological polar surface area (TPSA) is 49.3 Å². The van der Waals surface area contributed by atoms with Gasteiger partial charge in [-0.15, -0.1) is 0 Å². The summed E-state index contributed by atoms with van der Waals surface area (Å²) in [5.41, 5.74) is -0.706. The van der Waals surface area contributed by atoms with Crippen LogP contribution in [0.15, 0.2) is 42.5 Å². The van der Waals surface area contributed by atoms with E-state index in [-0.39, 0.29) is 17.0 Å². The fourth-order valence-electron chi connectivity index (χ4n) is 2.43. The Morgan fingerprint density at radius 3 is 2.70 bits per heavy atom. The summed E-state index contributed by atoms with van der Waals surface area (Å²) in [5.74, 6) is -1.11. The zero-order valence-electron chi connectivity index (χ0n) is 10.4. The van der Waals surface area contributed by atoms with Crippen molar-refractivity contribution in [2.75, 3.05) is 5.32 Å². The molecule has 0 radical (unpaired) electrons.